The molecule has 2 aromatic carbocycles. The Morgan fingerprint density at radius 2 is 0.889 bits per heavy atom. The number of esters is 2. The first-order valence-electron chi connectivity index (χ1n) is 13.6. The molecule has 0 N–H and O–H groups in total. The van der Waals surface area contributed by atoms with Crippen molar-refractivity contribution in [3.63, 3.8) is 0 Å². The van der Waals surface area contributed by atoms with Crippen molar-refractivity contribution in [3.05, 3.63) is 84.0 Å². The highest BCUT2D eigenvalue weighted by atomic mass is 16.5. The van der Waals surface area contributed by atoms with Crippen LogP contribution >= 0.6 is 0 Å². The van der Waals surface area contributed by atoms with Crippen LogP contribution in [0, 0.1) is 0 Å². The molecule has 192 valence electrons. The minimum Gasteiger partial charge on any atom is -0.426 e. The summed E-state index contributed by atoms with van der Waals surface area (Å²) in [4.78, 5) is 24.7. The van der Waals surface area contributed by atoms with Crippen molar-refractivity contribution >= 4 is 11.9 Å². The second kappa shape index (κ2) is 16.5. The van der Waals surface area contributed by atoms with Gasteiger partial charge in [0.25, 0.3) is 0 Å². The number of hydrogen-bond acceptors (Lipinski definition) is 4. The Kier molecular flexibility index (Phi) is 12.6. The zero-order chi connectivity index (χ0) is 25.3. The first-order chi connectivity index (χ1) is 17.7. The molecule has 0 unspecified atom stereocenters. The molecule has 0 aromatic heterocycles. The number of carbonyl (C=O) groups is 2. The third-order valence-corrected chi connectivity index (χ3v) is 6.41. The summed E-state index contributed by atoms with van der Waals surface area (Å²) < 4.78 is 11.3. The highest BCUT2D eigenvalue weighted by Crippen LogP contribution is 2.22. The Labute approximate surface area is 216 Å². The van der Waals surface area contributed by atoms with Crippen molar-refractivity contribution in [2.45, 2.75) is 89.9 Å². The summed E-state index contributed by atoms with van der Waals surface area (Å²) in [5.41, 5.74) is 2.07. The monoisotopic (exact) mass is 488 g/mol. The molecule has 0 amide bonds. The van der Waals surface area contributed by atoms with Gasteiger partial charge in [-0.25, -0.2) is 0 Å². The summed E-state index contributed by atoms with van der Waals surface area (Å²) >= 11 is 0. The second-order valence-corrected chi connectivity index (χ2v) is 9.42. The zero-order valence-corrected chi connectivity index (χ0v) is 21.5. The molecule has 1 aliphatic heterocycles. The van der Waals surface area contributed by atoms with Crippen molar-refractivity contribution in [2.75, 3.05) is 0 Å². The molecule has 3 rings (SSSR count). The highest BCUT2D eigenvalue weighted by Gasteiger charge is 2.09. The van der Waals surface area contributed by atoms with Gasteiger partial charge in [0.05, 0.1) is 0 Å². The van der Waals surface area contributed by atoms with Crippen LogP contribution in [0.3, 0.4) is 0 Å². The Balaban J connectivity index is 1.54. The average Bonchev–Trinajstić information content (AvgIpc) is 2.88. The van der Waals surface area contributed by atoms with Crippen LogP contribution < -0.4 is 9.47 Å². The quantitative estimate of drug-likeness (QED) is 0.214. The van der Waals surface area contributed by atoms with Gasteiger partial charge in [-0.05, 0) is 74.6 Å². The SMILES string of the molecule is O=C1CCCCCCC=CCc2ccccc2OC(=O)CCCCCCC=CCc2ccccc2O1. The lowest BCUT2D eigenvalue weighted by Gasteiger charge is -2.09. The van der Waals surface area contributed by atoms with Crippen LogP contribution in [0.25, 0.3) is 0 Å². The molecular weight excluding hydrogens is 448 g/mol. The predicted molar refractivity (Wildman–Crippen MR) is 145 cm³/mol. The summed E-state index contributed by atoms with van der Waals surface area (Å²) in [6.07, 6.45) is 21.2. The Hall–Kier alpha value is -3.14. The van der Waals surface area contributed by atoms with E-state index in [4.69, 9.17) is 9.47 Å². The molecular formula is C32H40O4. The maximum absolute atomic E-state index is 12.3. The van der Waals surface area contributed by atoms with Crippen molar-refractivity contribution in [3.8, 4) is 11.5 Å². The van der Waals surface area contributed by atoms with E-state index in [9.17, 15) is 9.59 Å². The van der Waals surface area contributed by atoms with Gasteiger partial charge in [-0.2, -0.15) is 0 Å². The number of para-hydroxylation sites is 2. The van der Waals surface area contributed by atoms with Gasteiger partial charge in [-0.1, -0.05) is 86.4 Å². The van der Waals surface area contributed by atoms with Crippen LogP contribution in [-0.4, -0.2) is 11.9 Å². The van der Waals surface area contributed by atoms with Crippen LogP contribution in [0.15, 0.2) is 72.8 Å². The van der Waals surface area contributed by atoms with Gasteiger partial charge in [0.1, 0.15) is 11.5 Å². The fraction of sp³-hybridized carbons (Fsp3) is 0.438. The molecule has 4 heteroatoms. The normalized spacial score (nSPS) is 17.9. The molecule has 0 saturated heterocycles. The second-order valence-electron chi connectivity index (χ2n) is 9.42. The smallest absolute Gasteiger partial charge is 0.311 e. The summed E-state index contributed by atoms with van der Waals surface area (Å²) in [6.45, 7) is 0. The first-order valence-corrected chi connectivity index (χ1v) is 13.6. The number of hydrogen-bond donors (Lipinski definition) is 0. The van der Waals surface area contributed by atoms with E-state index in [1.807, 2.05) is 48.5 Å². The lowest BCUT2D eigenvalue weighted by atomic mass is 10.1. The molecule has 2 aromatic rings. The zero-order valence-electron chi connectivity index (χ0n) is 21.5. The fourth-order valence-electron chi connectivity index (χ4n) is 4.32. The topological polar surface area (TPSA) is 52.6 Å². The molecule has 0 fully saturated rings. The van der Waals surface area contributed by atoms with Crippen LogP contribution in [-0.2, 0) is 22.4 Å². The van der Waals surface area contributed by atoms with Crippen LogP contribution in [0.4, 0.5) is 0 Å². The number of rotatable bonds is 0. The number of benzene rings is 2. The van der Waals surface area contributed by atoms with Crippen LogP contribution in [0.5, 0.6) is 11.5 Å². The molecule has 4 nitrogen and oxygen atoms in total. The third-order valence-electron chi connectivity index (χ3n) is 6.41. The largest absolute Gasteiger partial charge is 0.426 e. The molecule has 0 spiro atoms. The van der Waals surface area contributed by atoms with Gasteiger partial charge in [-0.3, -0.25) is 9.59 Å². The first kappa shape index (κ1) is 27.4. The molecule has 0 saturated carbocycles. The summed E-state index contributed by atoms with van der Waals surface area (Å²) in [6, 6.07) is 15.6. The summed E-state index contributed by atoms with van der Waals surface area (Å²) in [5.74, 6) is 1.05. The molecule has 0 atom stereocenters. The Morgan fingerprint density at radius 3 is 1.36 bits per heavy atom. The van der Waals surface area contributed by atoms with Crippen molar-refractivity contribution in [1.82, 2.24) is 0 Å². The lowest BCUT2D eigenvalue weighted by molar-refractivity contribution is -0.135. The number of allylic oxidation sites excluding steroid dienone is 4. The van der Waals surface area contributed by atoms with E-state index in [0.717, 1.165) is 88.2 Å². The van der Waals surface area contributed by atoms with E-state index in [2.05, 4.69) is 24.3 Å². The van der Waals surface area contributed by atoms with E-state index in [0.29, 0.717) is 24.3 Å². The van der Waals surface area contributed by atoms with Gasteiger partial charge >= 0.3 is 11.9 Å². The third kappa shape index (κ3) is 10.6. The Bertz CT molecular complexity index is 923. The number of fused-ring (bicyclic) bond motifs is 2. The van der Waals surface area contributed by atoms with Gasteiger partial charge in [0.15, 0.2) is 0 Å². The summed E-state index contributed by atoms with van der Waals surface area (Å²) in [5, 5.41) is 0. The minimum atomic E-state index is -0.146. The van der Waals surface area contributed by atoms with Gasteiger partial charge in [0, 0.05) is 12.8 Å². The minimum absolute atomic E-state index is 0.146. The molecule has 0 aliphatic carbocycles. The van der Waals surface area contributed by atoms with Crippen LogP contribution in [0.2, 0.25) is 0 Å². The van der Waals surface area contributed by atoms with Crippen molar-refractivity contribution in [2.24, 2.45) is 0 Å². The van der Waals surface area contributed by atoms with E-state index < -0.39 is 0 Å². The van der Waals surface area contributed by atoms with Crippen molar-refractivity contribution < 1.29 is 19.1 Å². The van der Waals surface area contributed by atoms with Gasteiger partial charge < -0.3 is 9.47 Å². The lowest BCUT2D eigenvalue weighted by Crippen LogP contribution is -2.09. The summed E-state index contributed by atoms with van der Waals surface area (Å²) in [7, 11) is 0. The maximum atomic E-state index is 12.3. The van der Waals surface area contributed by atoms with E-state index in [1.165, 1.54) is 0 Å². The average molecular weight is 489 g/mol. The molecule has 36 heavy (non-hydrogen) atoms. The standard InChI is InChI=1S/C32H40O4/c33-31-25-13-9-5-1-3-7-11-19-27-21-15-17-23-29(27)36-32(34)26-14-10-6-2-4-8-12-20-28-22-16-18-24-30(28)35-31/h7-8,11-12,15-18,21-24H,1-6,9-10,13-14,19-20,25-26H2. The van der Waals surface area contributed by atoms with Gasteiger partial charge in [-0.15, -0.1) is 0 Å². The van der Waals surface area contributed by atoms with Crippen LogP contribution in [0.1, 0.15) is 88.2 Å². The van der Waals surface area contributed by atoms with E-state index in [1.54, 1.807) is 0 Å². The molecule has 1 heterocycles. The predicted octanol–water partition coefficient (Wildman–Crippen LogP) is 8.09. The maximum Gasteiger partial charge on any atom is 0.311 e. The highest BCUT2D eigenvalue weighted by molar-refractivity contribution is 5.73. The van der Waals surface area contributed by atoms with Crippen molar-refractivity contribution in [1.29, 1.82) is 0 Å². The van der Waals surface area contributed by atoms with E-state index in [-0.39, 0.29) is 11.9 Å². The fourth-order valence-corrected chi connectivity index (χ4v) is 4.32. The molecule has 1 aliphatic rings. The number of carbonyl (C=O) groups excluding carboxylic acids is 2. The van der Waals surface area contributed by atoms with E-state index >= 15 is 0 Å². The molecule has 0 bridgehead atoms. The molecule has 0 radical (unpaired) electrons. The number of ether oxygens (including phenoxy) is 2. The van der Waals surface area contributed by atoms with Gasteiger partial charge in [0.2, 0.25) is 0 Å². The Morgan fingerprint density at radius 1 is 0.472 bits per heavy atom.